The van der Waals surface area contributed by atoms with Crippen molar-refractivity contribution < 1.29 is 4.79 Å². The molecule has 0 spiro atoms. The standard InChI is InChI=1S/C10H8N4.C7H7N3O/c11-10-9-8(12-5-13-9)6-3-1-2-4-7(6)14-10;8-10-9-7(11)6-4-2-1-3-5-6/h1-5H,(H2,11,14)(H,12,13);1-5H,(H2,8,9,11). The lowest BCUT2D eigenvalue weighted by atomic mass is 10.2. The fourth-order valence-electron chi connectivity index (χ4n) is 2.35. The first kappa shape index (κ1) is 16.1. The maximum atomic E-state index is 10.9. The minimum atomic E-state index is -0.423. The van der Waals surface area contributed by atoms with Crippen molar-refractivity contribution >= 4 is 33.7 Å². The Hall–Kier alpha value is -3.81. The molecule has 4 aromatic rings. The summed E-state index contributed by atoms with van der Waals surface area (Å²) in [6, 6.07) is 16.5. The number of amides is 1. The molecule has 4 rings (SSSR count). The van der Waals surface area contributed by atoms with Gasteiger partial charge >= 0.3 is 0 Å². The van der Waals surface area contributed by atoms with Crippen LogP contribution >= 0.6 is 0 Å². The maximum Gasteiger partial charge on any atom is 0.297 e. The van der Waals surface area contributed by atoms with Crippen molar-refractivity contribution in [2.75, 3.05) is 5.73 Å². The summed E-state index contributed by atoms with van der Waals surface area (Å²) in [6.07, 6.45) is 1.63. The number of nitrogens with two attached hydrogens (primary N) is 2. The topological polar surface area (TPSA) is 135 Å². The van der Waals surface area contributed by atoms with E-state index in [4.69, 9.17) is 11.6 Å². The third-order valence-corrected chi connectivity index (χ3v) is 3.47. The van der Waals surface area contributed by atoms with Crippen LogP contribution < -0.4 is 11.6 Å². The van der Waals surface area contributed by atoms with Crippen LogP contribution in [0.25, 0.3) is 21.9 Å². The van der Waals surface area contributed by atoms with Crippen molar-refractivity contribution in [1.29, 1.82) is 0 Å². The van der Waals surface area contributed by atoms with E-state index in [1.165, 1.54) is 0 Å². The molecule has 0 bridgehead atoms. The number of nitrogens with zero attached hydrogens (tertiary/aromatic N) is 4. The molecular formula is C17H15N7O. The van der Waals surface area contributed by atoms with E-state index in [0.717, 1.165) is 21.9 Å². The number of aromatic amines is 1. The molecule has 2 aromatic heterocycles. The molecule has 0 radical (unpaired) electrons. The Morgan fingerprint density at radius 2 is 1.76 bits per heavy atom. The van der Waals surface area contributed by atoms with Crippen LogP contribution in [0.3, 0.4) is 0 Å². The molecule has 8 heteroatoms. The van der Waals surface area contributed by atoms with Gasteiger partial charge in [-0.1, -0.05) is 46.7 Å². The predicted octanol–water partition coefficient (Wildman–Crippen LogP) is 2.85. The Balaban J connectivity index is 0.000000151. The van der Waals surface area contributed by atoms with Crippen molar-refractivity contribution in [3.8, 4) is 0 Å². The number of carbonyl (C=O) groups is 1. The van der Waals surface area contributed by atoms with Gasteiger partial charge in [-0.05, 0) is 18.2 Å². The van der Waals surface area contributed by atoms with Gasteiger partial charge < -0.3 is 16.6 Å². The monoisotopic (exact) mass is 333 g/mol. The first-order valence-electron chi connectivity index (χ1n) is 7.38. The molecule has 124 valence electrons. The summed E-state index contributed by atoms with van der Waals surface area (Å²) in [5.74, 6) is 4.75. The Morgan fingerprint density at radius 1 is 1.04 bits per heavy atom. The summed E-state index contributed by atoms with van der Waals surface area (Å²) in [5.41, 5.74) is 8.84. The predicted molar refractivity (Wildman–Crippen MR) is 95.6 cm³/mol. The second-order valence-corrected chi connectivity index (χ2v) is 5.03. The zero-order valence-corrected chi connectivity index (χ0v) is 13.1. The van der Waals surface area contributed by atoms with Crippen molar-refractivity contribution in [2.45, 2.75) is 0 Å². The molecule has 0 aliphatic heterocycles. The van der Waals surface area contributed by atoms with Gasteiger partial charge in [0.25, 0.3) is 5.91 Å². The average Bonchev–Trinajstić information content (AvgIpc) is 3.14. The fourth-order valence-corrected chi connectivity index (χ4v) is 2.35. The van der Waals surface area contributed by atoms with Gasteiger partial charge in [0.1, 0.15) is 5.52 Å². The quantitative estimate of drug-likeness (QED) is 0.279. The number of hydrogen-bond acceptors (Lipinski definition) is 5. The van der Waals surface area contributed by atoms with Gasteiger partial charge in [-0.25, -0.2) is 9.97 Å². The Kier molecular flexibility index (Phi) is 4.61. The number of carbonyl (C=O) groups excluding carboxylic acids is 1. The number of imidazole rings is 1. The highest BCUT2D eigenvalue weighted by Gasteiger charge is 2.06. The molecule has 2 heterocycles. The molecule has 5 N–H and O–H groups in total. The second kappa shape index (κ2) is 7.18. The number of nitrogens with one attached hydrogen (secondary N) is 1. The lowest BCUT2D eigenvalue weighted by Gasteiger charge is -1.99. The van der Waals surface area contributed by atoms with Gasteiger partial charge in [0.15, 0.2) is 5.82 Å². The minimum Gasteiger partial charge on any atom is -0.382 e. The molecule has 0 saturated carbocycles. The molecule has 0 aliphatic rings. The van der Waals surface area contributed by atoms with Gasteiger partial charge in [-0.3, -0.25) is 4.79 Å². The molecule has 25 heavy (non-hydrogen) atoms. The lowest BCUT2D eigenvalue weighted by Crippen LogP contribution is -1.93. The highest BCUT2D eigenvalue weighted by Crippen LogP contribution is 2.24. The number of H-pyrrole nitrogens is 1. The van der Waals surface area contributed by atoms with E-state index in [2.05, 4.69) is 25.3 Å². The van der Waals surface area contributed by atoms with Crippen LogP contribution in [0.15, 0.2) is 71.3 Å². The highest BCUT2D eigenvalue weighted by atomic mass is 16.1. The van der Waals surface area contributed by atoms with Crippen LogP contribution in [0.1, 0.15) is 10.4 Å². The summed E-state index contributed by atoms with van der Waals surface area (Å²) in [5, 5.41) is 7.10. The SMILES string of the molecule is NN=NC(=O)c1ccccc1.Nc1nc2ccccc2c2[nH]cnc12. The summed E-state index contributed by atoms with van der Waals surface area (Å²) in [7, 11) is 0. The first-order chi connectivity index (χ1) is 12.2. The largest absolute Gasteiger partial charge is 0.382 e. The molecule has 8 nitrogen and oxygen atoms in total. The molecule has 0 unspecified atom stereocenters. The number of hydrogen-bond donors (Lipinski definition) is 3. The van der Waals surface area contributed by atoms with Crippen molar-refractivity contribution in [2.24, 2.45) is 16.2 Å². The van der Waals surface area contributed by atoms with E-state index >= 15 is 0 Å². The van der Waals surface area contributed by atoms with Crippen molar-refractivity contribution in [3.63, 3.8) is 0 Å². The molecule has 0 atom stereocenters. The highest BCUT2D eigenvalue weighted by molar-refractivity contribution is 6.05. The normalized spacial score (nSPS) is 10.7. The zero-order chi connectivity index (χ0) is 17.6. The van der Waals surface area contributed by atoms with Gasteiger partial charge in [-0.15, -0.1) is 0 Å². The van der Waals surface area contributed by atoms with Gasteiger partial charge in [0.05, 0.1) is 17.4 Å². The minimum absolute atomic E-state index is 0.423. The molecule has 0 aliphatic carbocycles. The van der Waals surface area contributed by atoms with Crippen LogP contribution in [0, 0.1) is 0 Å². The molecular weight excluding hydrogens is 318 g/mol. The number of fused-ring (bicyclic) bond motifs is 3. The van der Waals surface area contributed by atoms with Crippen molar-refractivity contribution in [3.05, 3.63) is 66.5 Å². The van der Waals surface area contributed by atoms with E-state index < -0.39 is 5.91 Å². The number of para-hydroxylation sites is 1. The van der Waals surface area contributed by atoms with E-state index in [1.807, 2.05) is 30.3 Å². The summed E-state index contributed by atoms with van der Waals surface area (Å²) >= 11 is 0. The number of rotatable bonds is 1. The number of nitrogen functional groups attached to an aromatic ring is 1. The van der Waals surface area contributed by atoms with Crippen LogP contribution in [-0.4, -0.2) is 20.9 Å². The molecule has 2 aromatic carbocycles. The number of pyridine rings is 1. The first-order valence-corrected chi connectivity index (χ1v) is 7.38. The Labute approximate surface area is 142 Å². The third-order valence-electron chi connectivity index (χ3n) is 3.47. The van der Waals surface area contributed by atoms with E-state index in [0.29, 0.717) is 11.4 Å². The van der Waals surface area contributed by atoms with Crippen LogP contribution in [0.5, 0.6) is 0 Å². The fraction of sp³-hybridized carbons (Fsp3) is 0. The van der Waals surface area contributed by atoms with Gasteiger partial charge in [0.2, 0.25) is 0 Å². The van der Waals surface area contributed by atoms with Crippen LogP contribution in [-0.2, 0) is 0 Å². The molecule has 0 fully saturated rings. The lowest BCUT2D eigenvalue weighted by molar-refractivity contribution is 0.0993. The maximum absolute atomic E-state index is 10.9. The number of aromatic nitrogens is 3. The number of benzene rings is 2. The van der Waals surface area contributed by atoms with Crippen LogP contribution in [0.2, 0.25) is 0 Å². The van der Waals surface area contributed by atoms with Crippen molar-refractivity contribution in [1.82, 2.24) is 15.0 Å². The average molecular weight is 333 g/mol. The Morgan fingerprint density at radius 3 is 2.52 bits per heavy atom. The van der Waals surface area contributed by atoms with E-state index in [1.54, 1.807) is 30.6 Å². The Bertz CT molecular complexity index is 1040. The van der Waals surface area contributed by atoms with Gasteiger partial charge in [0, 0.05) is 10.9 Å². The summed E-state index contributed by atoms with van der Waals surface area (Å²) in [4.78, 5) is 22.4. The third kappa shape index (κ3) is 3.42. The summed E-state index contributed by atoms with van der Waals surface area (Å²) in [6.45, 7) is 0. The molecule has 0 saturated heterocycles. The van der Waals surface area contributed by atoms with E-state index in [9.17, 15) is 4.79 Å². The van der Waals surface area contributed by atoms with E-state index in [-0.39, 0.29) is 0 Å². The smallest absolute Gasteiger partial charge is 0.297 e. The van der Waals surface area contributed by atoms with Crippen LogP contribution in [0.4, 0.5) is 5.82 Å². The zero-order valence-electron chi connectivity index (χ0n) is 13.1. The summed E-state index contributed by atoms with van der Waals surface area (Å²) < 4.78 is 0. The molecule has 1 amide bonds. The second-order valence-electron chi connectivity index (χ2n) is 5.03. The van der Waals surface area contributed by atoms with Gasteiger partial charge in [-0.2, -0.15) is 0 Å². The number of anilines is 1.